The summed E-state index contributed by atoms with van der Waals surface area (Å²) in [6.45, 7) is 4.72. The first-order valence-electron chi connectivity index (χ1n) is 22.4. The van der Waals surface area contributed by atoms with Crippen LogP contribution in [-0.4, -0.2) is 15.0 Å². The summed E-state index contributed by atoms with van der Waals surface area (Å²) in [7, 11) is 0. The lowest BCUT2D eigenvalue weighted by atomic mass is 9.82. The number of aromatic nitrogens is 3. The summed E-state index contributed by atoms with van der Waals surface area (Å²) in [4.78, 5) is 17.6. The molecule has 10 aromatic rings. The predicted octanol–water partition coefficient (Wildman–Crippen LogP) is 15.6. The van der Waals surface area contributed by atoms with Crippen LogP contribution in [0.3, 0.4) is 0 Å². The van der Waals surface area contributed by atoms with Gasteiger partial charge in [0, 0.05) is 39.9 Å². The number of benzene rings is 9. The van der Waals surface area contributed by atoms with Gasteiger partial charge in [-0.1, -0.05) is 196 Å². The minimum Gasteiger partial charge on any atom is -0.310 e. The fourth-order valence-corrected chi connectivity index (χ4v) is 10.2. The van der Waals surface area contributed by atoms with Gasteiger partial charge in [-0.2, -0.15) is 0 Å². The average molecular weight is 833 g/mol. The van der Waals surface area contributed by atoms with Crippen molar-refractivity contribution in [3.8, 4) is 78.7 Å². The molecule has 0 fully saturated rings. The molecule has 0 N–H and O–H groups in total. The third-order valence-corrected chi connectivity index (χ3v) is 13.4. The normalized spacial score (nSPS) is 12.8. The summed E-state index contributed by atoms with van der Waals surface area (Å²) in [5, 5.41) is 0. The van der Waals surface area contributed by atoms with E-state index in [9.17, 15) is 0 Å². The van der Waals surface area contributed by atoms with Crippen molar-refractivity contribution in [2.45, 2.75) is 25.7 Å². The van der Waals surface area contributed by atoms with Gasteiger partial charge in [0.15, 0.2) is 17.5 Å². The zero-order valence-electron chi connectivity index (χ0n) is 36.3. The standard InChI is InChI=1S/C61H44N4/c1-61(2)55-29-13-12-25-51(55)52-36-35-47(38-56(52)61)65(46-33-31-41(32-34-46)40-17-6-3-7-18-40)57-30-16-28-50-49-27-15-26-48(53(49)39-54(50)57)44-23-14-24-45(37-44)60-63-58(42-19-8-4-9-20-42)62-59(64-60)43-21-10-5-11-22-43/h3-38H,39H2,1-2H3. The van der Waals surface area contributed by atoms with E-state index in [1.165, 1.54) is 66.9 Å². The highest BCUT2D eigenvalue weighted by atomic mass is 15.1. The van der Waals surface area contributed by atoms with Crippen LogP contribution in [0.2, 0.25) is 0 Å². The van der Waals surface area contributed by atoms with Crippen LogP contribution in [0.5, 0.6) is 0 Å². The average Bonchev–Trinajstić information content (AvgIpc) is 3.87. The van der Waals surface area contributed by atoms with Crippen molar-refractivity contribution in [2.24, 2.45) is 0 Å². The Morgan fingerprint density at radius 3 is 1.51 bits per heavy atom. The number of hydrogen-bond donors (Lipinski definition) is 0. The first kappa shape index (κ1) is 38.5. The Hall–Kier alpha value is -8.21. The molecule has 65 heavy (non-hydrogen) atoms. The van der Waals surface area contributed by atoms with E-state index in [1.54, 1.807) is 0 Å². The Morgan fingerprint density at radius 2 is 0.815 bits per heavy atom. The first-order chi connectivity index (χ1) is 32.0. The maximum Gasteiger partial charge on any atom is 0.164 e. The fraction of sp³-hybridized carbons (Fsp3) is 0.0656. The lowest BCUT2D eigenvalue weighted by Crippen LogP contribution is -2.17. The van der Waals surface area contributed by atoms with Gasteiger partial charge in [-0.05, 0) is 103 Å². The molecule has 4 heteroatoms. The molecule has 0 saturated heterocycles. The van der Waals surface area contributed by atoms with Crippen LogP contribution in [0.4, 0.5) is 17.1 Å². The molecule has 2 aliphatic carbocycles. The lowest BCUT2D eigenvalue weighted by Gasteiger charge is -2.30. The predicted molar refractivity (Wildman–Crippen MR) is 267 cm³/mol. The van der Waals surface area contributed by atoms with E-state index in [0.29, 0.717) is 17.5 Å². The highest BCUT2D eigenvalue weighted by Crippen LogP contribution is 2.52. The highest BCUT2D eigenvalue weighted by molar-refractivity contribution is 5.93. The third kappa shape index (κ3) is 6.65. The number of rotatable bonds is 8. The van der Waals surface area contributed by atoms with Crippen LogP contribution in [0.15, 0.2) is 218 Å². The van der Waals surface area contributed by atoms with Gasteiger partial charge in [0.25, 0.3) is 0 Å². The zero-order chi connectivity index (χ0) is 43.5. The smallest absolute Gasteiger partial charge is 0.164 e. The summed E-state index contributed by atoms with van der Waals surface area (Å²) in [5.74, 6) is 1.95. The van der Waals surface area contributed by atoms with E-state index in [1.807, 2.05) is 36.4 Å². The SMILES string of the molecule is CC1(C)c2ccccc2-c2ccc(N(c3ccc(-c4ccccc4)cc3)c3cccc4c3Cc3c(-c5cccc(-c6nc(-c7ccccc7)nc(-c7ccccc7)n6)c5)cccc3-4)cc21. The van der Waals surface area contributed by atoms with Crippen molar-refractivity contribution in [1.82, 2.24) is 15.0 Å². The molecule has 0 atom stereocenters. The highest BCUT2D eigenvalue weighted by Gasteiger charge is 2.36. The summed E-state index contributed by atoms with van der Waals surface area (Å²) < 4.78 is 0. The Balaban J connectivity index is 0.960. The number of anilines is 3. The summed E-state index contributed by atoms with van der Waals surface area (Å²) in [6.07, 6.45) is 0.795. The Bertz CT molecular complexity index is 3360. The number of fused-ring (bicyclic) bond motifs is 6. The lowest BCUT2D eigenvalue weighted by molar-refractivity contribution is 0.660. The minimum absolute atomic E-state index is 0.128. The zero-order valence-corrected chi connectivity index (χ0v) is 36.3. The number of nitrogens with zero attached hydrogens (tertiary/aromatic N) is 4. The monoisotopic (exact) mass is 832 g/mol. The van der Waals surface area contributed by atoms with E-state index in [4.69, 9.17) is 15.0 Å². The topological polar surface area (TPSA) is 41.9 Å². The molecule has 0 spiro atoms. The Labute approximate surface area is 380 Å². The maximum absolute atomic E-state index is 5.06. The van der Waals surface area contributed by atoms with Crippen LogP contribution in [0.1, 0.15) is 36.1 Å². The molecule has 12 rings (SSSR count). The molecular weight excluding hydrogens is 789 g/mol. The van der Waals surface area contributed by atoms with Crippen molar-refractivity contribution in [1.29, 1.82) is 0 Å². The molecule has 0 saturated carbocycles. The van der Waals surface area contributed by atoms with Gasteiger partial charge in [0.05, 0.1) is 5.69 Å². The van der Waals surface area contributed by atoms with Gasteiger partial charge < -0.3 is 4.90 Å². The van der Waals surface area contributed by atoms with Crippen LogP contribution >= 0.6 is 0 Å². The molecule has 0 aliphatic heterocycles. The molecule has 9 aromatic carbocycles. The molecule has 0 unspecified atom stereocenters. The molecule has 1 aromatic heterocycles. The van der Waals surface area contributed by atoms with Gasteiger partial charge in [-0.25, -0.2) is 15.0 Å². The summed E-state index contributed by atoms with van der Waals surface area (Å²) >= 11 is 0. The Kier molecular flexibility index (Phi) is 9.20. The summed E-state index contributed by atoms with van der Waals surface area (Å²) in [6, 6.07) is 78.3. The largest absolute Gasteiger partial charge is 0.310 e. The molecule has 0 radical (unpaired) electrons. The van der Waals surface area contributed by atoms with Crippen molar-refractivity contribution in [3.05, 3.63) is 241 Å². The van der Waals surface area contributed by atoms with Gasteiger partial charge in [-0.3, -0.25) is 0 Å². The molecule has 0 amide bonds. The Morgan fingerprint density at radius 1 is 0.338 bits per heavy atom. The van der Waals surface area contributed by atoms with Crippen molar-refractivity contribution >= 4 is 17.1 Å². The second kappa shape index (κ2) is 15.5. The van der Waals surface area contributed by atoms with E-state index in [0.717, 1.165) is 40.0 Å². The van der Waals surface area contributed by atoms with Gasteiger partial charge in [0.2, 0.25) is 0 Å². The molecule has 0 bridgehead atoms. The van der Waals surface area contributed by atoms with Crippen LogP contribution in [-0.2, 0) is 11.8 Å². The molecule has 4 nitrogen and oxygen atoms in total. The quantitative estimate of drug-likeness (QED) is 0.153. The van der Waals surface area contributed by atoms with E-state index < -0.39 is 0 Å². The molecule has 2 aliphatic rings. The van der Waals surface area contributed by atoms with Crippen molar-refractivity contribution in [2.75, 3.05) is 4.90 Å². The second-order valence-electron chi connectivity index (χ2n) is 17.6. The molecule has 1 heterocycles. The van der Waals surface area contributed by atoms with Crippen molar-refractivity contribution < 1.29 is 0 Å². The maximum atomic E-state index is 5.06. The van der Waals surface area contributed by atoms with Crippen LogP contribution < -0.4 is 4.90 Å². The van der Waals surface area contributed by atoms with Crippen LogP contribution in [0.25, 0.3) is 78.7 Å². The van der Waals surface area contributed by atoms with Gasteiger partial charge in [0.1, 0.15) is 0 Å². The third-order valence-electron chi connectivity index (χ3n) is 13.4. The minimum atomic E-state index is -0.128. The fourth-order valence-electron chi connectivity index (χ4n) is 10.2. The molecule has 308 valence electrons. The number of hydrogen-bond acceptors (Lipinski definition) is 4. The van der Waals surface area contributed by atoms with E-state index >= 15 is 0 Å². The first-order valence-corrected chi connectivity index (χ1v) is 22.4. The second-order valence-corrected chi connectivity index (χ2v) is 17.6. The molecular formula is C61H44N4. The van der Waals surface area contributed by atoms with Gasteiger partial charge >= 0.3 is 0 Å². The van der Waals surface area contributed by atoms with Gasteiger partial charge in [-0.15, -0.1) is 0 Å². The van der Waals surface area contributed by atoms with Crippen LogP contribution in [0, 0.1) is 0 Å². The summed E-state index contributed by atoms with van der Waals surface area (Å²) in [5.41, 5.74) is 21.5. The van der Waals surface area contributed by atoms with Crippen molar-refractivity contribution in [3.63, 3.8) is 0 Å². The van der Waals surface area contributed by atoms with E-state index in [2.05, 4.69) is 201 Å². The van der Waals surface area contributed by atoms with E-state index in [-0.39, 0.29) is 5.41 Å².